The van der Waals surface area contributed by atoms with Gasteiger partial charge in [0.25, 0.3) is 0 Å². The van der Waals surface area contributed by atoms with Crippen LogP contribution in [0.25, 0.3) is 0 Å². The summed E-state index contributed by atoms with van der Waals surface area (Å²) in [6.07, 6.45) is -0.244. The van der Waals surface area contributed by atoms with Crippen LogP contribution in [0.3, 0.4) is 0 Å². The van der Waals surface area contributed by atoms with Crippen molar-refractivity contribution in [2.24, 2.45) is 5.73 Å². The second-order valence-corrected chi connectivity index (χ2v) is 4.47. The van der Waals surface area contributed by atoms with Gasteiger partial charge < -0.3 is 15.6 Å². The van der Waals surface area contributed by atoms with E-state index in [9.17, 15) is 9.18 Å². The fourth-order valence-electron chi connectivity index (χ4n) is 2.00. The number of methoxy groups -OCH3 is 1. The molecule has 0 saturated heterocycles. The van der Waals surface area contributed by atoms with Crippen molar-refractivity contribution in [3.05, 3.63) is 29.1 Å². The fraction of sp³-hybridized carbons (Fsp3) is 0.462. The maximum atomic E-state index is 13.5. The normalized spacial score (nSPS) is 12.6. The molecule has 1 unspecified atom stereocenters. The summed E-state index contributed by atoms with van der Waals surface area (Å²) in [5, 5.41) is 8.77. The van der Waals surface area contributed by atoms with Gasteiger partial charge in [0.05, 0.1) is 13.5 Å². The Morgan fingerprint density at radius 3 is 2.56 bits per heavy atom. The molecule has 0 spiro atoms. The summed E-state index contributed by atoms with van der Waals surface area (Å²) in [6, 6.07) is 1.82. The van der Waals surface area contributed by atoms with Crippen LogP contribution in [0.1, 0.15) is 43.4 Å². The molecule has 0 radical (unpaired) electrons. The van der Waals surface area contributed by atoms with Crippen LogP contribution in [0.4, 0.5) is 4.39 Å². The largest absolute Gasteiger partial charge is 0.496 e. The number of carboxylic acid groups (broad SMARTS) is 1. The van der Waals surface area contributed by atoms with Crippen LogP contribution in [0.5, 0.6) is 5.75 Å². The number of carboxylic acids is 1. The predicted octanol–water partition coefficient (Wildman–Crippen LogP) is 2.43. The molecule has 3 N–H and O–H groups in total. The van der Waals surface area contributed by atoms with Crippen molar-refractivity contribution in [2.75, 3.05) is 7.11 Å². The zero-order valence-electron chi connectivity index (χ0n) is 10.7. The summed E-state index contributed by atoms with van der Waals surface area (Å²) in [4.78, 5) is 10.7. The molecule has 1 aromatic rings. The van der Waals surface area contributed by atoms with Crippen LogP contribution in [-0.2, 0) is 4.79 Å². The molecule has 0 aliphatic carbocycles. The molecule has 0 aliphatic heterocycles. The Bertz CT molecular complexity index is 446. The number of hydrogen-bond donors (Lipinski definition) is 2. The maximum absolute atomic E-state index is 13.5. The van der Waals surface area contributed by atoms with Crippen molar-refractivity contribution in [3.63, 3.8) is 0 Å². The lowest BCUT2D eigenvalue weighted by Gasteiger charge is -2.20. The molecule has 18 heavy (non-hydrogen) atoms. The molecule has 4 nitrogen and oxygen atoms in total. The highest BCUT2D eigenvalue weighted by molar-refractivity contribution is 5.68. The first kappa shape index (κ1) is 14.4. The number of carbonyl (C=O) groups is 1. The lowest BCUT2D eigenvalue weighted by molar-refractivity contribution is -0.137. The molecule has 0 aromatic heterocycles. The highest BCUT2D eigenvalue weighted by Crippen LogP contribution is 2.34. The summed E-state index contributed by atoms with van der Waals surface area (Å²) in [5.41, 5.74) is 7.07. The smallest absolute Gasteiger partial charge is 0.305 e. The van der Waals surface area contributed by atoms with E-state index in [1.807, 2.05) is 13.8 Å². The van der Waals surface area contributed by atoms with Crippen LogP contribution in [0.15, 0.2) is 12.1 Å². The van der Waals surface area contributed by atoms with E-state index in [-0.39, 0.29) is 12.3 Å². The van der Waals surface area contributed by atoms with E-state index in [4.69, 9.17) is 15.6 Å². The van der Waals surface area contributed by atoms with Gasteiger partial charge in [0, 0.05) is 17.7 Å². The number of aliphatic carboxylic acids is 1. The molecule has 0 aliphatic rings. The molecule has 0 saturated carbocycles. The fourth-order valence-corrected chi connectivity index (χ4v) is 2.00. The third-order valence-electron chi connectivity index (χ3n) is 2.73. The summed E-state index contributed by atoms with van der Waals surface area (Å²) in [7, 11) is 1.45. The zero-order valence-corrected chi connectivity index (χ0v) is 10.7. The molecular formula is C13H18FNO3. The van der Waals surface area contributed by atoms with Crippen molar-refractivity contribution in [1.29, 1.82) is 0 Å². The van der Waals surface area contributed by atoms with Crippen molar-refractivity contribution < 1.29 is 19.0 Å². The Morgan fingerprint density at radius 2 is 2.11 bits per heavy atom. The minimum Gasteiger partial charge on any atom is -0.496 e. The van der Waals surface area contributed by atoms with Gasteiger partial charge in [-0.1, -0.05) is 13.8 Å². The summed E-state index contributed by atoms with van der Waals surface area (Å²) in [6.45, 7) is 3.85. The average Bonchev–Trinajstić information content (AvgIpc) is 2.26. The van der Waals surface area contributed by atoms with Crippen LogP contribution in [0.2, 0.25) is 0 Å². The Balaban J connectivity index is 3.31. The van der Waals surface area contributed by atoms with E-state index in [1.54, 1.807) is 0 Å². The topological polar surface area (TPSA) is 72.5 Å². The second-order valence-electron chi connectivity index (χ2n) is 4.47. The molecule has 0 bridgehead atoms. The van der Waals surface area contributed by atoms with Gasteiger partial charge in [-0.05, 0) is 17.5 Å². The average molecular weight is 255 g/mol. The van der Waals surface area contributed by atoms with Gasteiger partial charge in [-0.25, -0.2) is 4.39 Å². The van der Waals surface area contributed by atoms with E-state index in [1.165, 1.54) is 19.2 Å². The van der Waals surface area contributed by atoms with Gasteiger partial charge in [0.15, 0.2) is 0 Å². The van der Waals surface area contributed by atoms with Crippen LogP contribution in [-0.4, -0.2) is 18.2 Å². The molecule has 1 aromatic carbocycles. The Kier molecular flexibility index (Phi) is 4.67. The van der Waals surface area contributed by atoms with Crippen LogP contribution in [0, 0.1) is 5.82 Å². The third kappa shape index (κ3) is 3.20. The number of benzene rings is 1. The van der Waals surface area contributed by atoms with E-state index in [0.717, 1.165) is 5.56 Å². The van der Waals surface area contributed by atoms with Crippen molar-refractivity contribution in [1.82, 2.24) is 0 Å². The maximum Gasteiger partial charge on any atom is 0.305 e. The summed E-state index contributed by atoms with van der Waals surface area (Å²) in [5.74, 6) is -1.02. The highest BCUT2D eigenvalue weighted by atomic mass is 19.1. The Labute approximate surface area is 106 Å². The highest BCUT2D eigenvalue weighted by Gasteiger charge is 2.21. The van der Waals surface area contributed by atoms with Crippen molar-refractivity contribution in [2.45, 2.75) is 32.2 Å². The van der Waals surface area contributed by atoms with E-state index in [0.29, 0.717) is 11.3 Å². The van der Waals surface area contributed by atoms with Crippen LogP contribution < -0.4 is 10.5 Å². The molecule has 100 valence electrons. The van der Waals surface area contributed by atoms with E-state index < -0.39 is 17.8 Å². The second kappa shape index (κ2) is 5.82. The first-order chi connectivity index (χ1) is 8.36. The number of halogens is 1. The number of nitrogens with two attached hydrogens (primary N) is 1. The van der Waals surface area contributed by atoms with Gasteiger partial charge in [-0.2, -0.15) is 0 Å². The van der Waals surface area contributed by atoms with Crippen molar-refractivity contribution >= 4 is 5.97 Å². The first-order valence-corrected chi connectivity index (χ1v) is 5.71. The number of hydrogen-bond acceptors (Lipinski definition) is 3. The molecule has 0 heterocycles. The van der Waals surface area contributed by atoms with Gasteiger partial charge >= 0.3 is 5.97 Å². The summed E-state index contributed by atoms with van der Waals surface area (Å²) >= 11 is 0. The van der Waals surface area contributed by atoms with Gasteiger partial charge in [-0.3, -0.25) is 4.79 Å². The quantitative estimate of drug-likeness (QED) is 0.847. The standard InChI is InChI=1S/C13H18FNO3/c1-7(2)13-9(10(15)6-12(16)17)4-8(14)5-11(13)18-3/h4-5,7,10H,6,15H2,1-3H3,(H,16,17). The third-order valence-corrected chi connectivity index (χ3v) is 2.73. The molecule has 1 rings (SSSR count). The number of ether oxygens (including phenoxy) is 1. The Hall–Kier alpha value is -1.62. The van der Waals surface area contributed by atoms with Gasteiger partial charge in [-0.15, -0.1) is 0 Å². The molecule has 5 heteroatoms. The van der Waals surface area contributed by atoms with E-state index >= 15 is 0 Å². The van der Waals surface area contributed by atoms with Gasteiger partial charge in [0.2, 0.25) is 0 Å². The molecular weight excluding hydrogens is 237 g/mol. The Morgan fingerprint density at radius 1 is 1.50 bits per heavy atom. The minimum absolute atomic E-state index is 0.0652. The SMILES string of the molecule is COc1cc(F)cc(C(N)CC(=O)O)c1C(C)C. The molecule has 1 atom stereocenters. The molecule has 0 amide bonds. The van der Waals surface area contributed by atoms with Gasteiger partial charge in [0.1, 0.15) is 11.6 Å². The van der Waals surface area contributed by atoms with Crippen molar-refractivity contribution in [3.8, 4) is 5.75 Å². The monoisotopic (exact) mass is 255 g/mol. The molecule has 0 fully saturated rings. The number of rotatable bonds is 5. The zero-order chi connectivity index (χ0) is 13.9. The minimum atomic E-state index is -1.01. The summed E-state index contributed by atoms with van der Waals surface area (Å²) < 4.78 is 18.6. The predicted molar refractivity (Wildman–Crippen MR) is 66.2 cm³/mol. The lowest BCUT2D eigenvalue weighted by atomic mass is 9.90. The first-order valence-electron chi connectivity index (χ1n) is 5.71. The van der Waals surface area contributed by atoms with Crippen LogP contribution >= 0.6 is 0 Å². The van der Waals surface area contributed by atoms with E-state index in [2.05, 4.69) is 0 Å². The lowest BCUT2D eigenvalue weighted by Crippen LogP contribution is -2.18.